The third kappa shape index (κ3) is 5.09. The first-order chi connectivity index (χ1) is 14.3. The topological polar surface area (TPSA) is 66.9 Å². The van der Waals surface area contributed by atoms with Gasteiger partial charge >= 0.3 is 0 Å². The smallest absolute Gasteiger partial charge is 0.246 e. The van der Waals surface area contributed by atoms with E-state index in [9.17, 15) is 13.2 Å². The van der Waals surface area contributed by atoms with Gasteiger partial charge in [0.15, 0.2) is 0 Å². The molecule has 0 aliphatic carbocycles. The summed E-state index contributed by atoms with van der Waals surface area (Å²) in [5.41, 5.74) is 1.97. The molecule has 0 bridgehead atoms. The maximum atomic E-state index is 12.9. The Kier molecular flexibility index (Phi) is 6.95. The predicted molar refractivity (Wildman–Crippen MR) is 118 cm³/mol. The highest BCUT2D eigenvalue weighted by atomic mass is 32.2. The molecule has 1 aliphatic heterocycles. The molecule has 0 unspecified atom stereocenters. The van der Waals surface area contributed by atoms with Crippen molar-refractivity contribution in [3.8, 4) is 5.75 Å². The number of methoxy groups -OCH3 is 1. The normalized spacial score (nSPS) is 15.7. The van der Waals surface area contributed by atoms with Crippen molar-refractivity contribution in [1.82, 2.24) is 9.21 Å². The lowest BCUT2D eigenvalue weighted by molar-refractivity contribution is -0.127. The second-order valence-corrected chi connectivity index (χ2v) is 9.50. The Labute approximate surface area is 178 Å². The first-order valence-corrected chi connectivity index (χ1v) is 11.5. The molecule has 0 radical (unpaired) electrons. The van der Waals surface area contributed by atoms with E-state index in [0.29, 0.717) is 23.9 Å². The van der Waals surface area contributed by atoms with Crippen LogP contribution in [0, 0.1) is 0 Å². The maximum Gasteiger partial charge on any atom is 0.246 e. The maximum absolute atomic E-state index is 12.9. The van der Waals surface area contributed by atoms with Gasteiger partial charge in [0.2, 0.25) is 15.9 Å². The van der Waals surface area contributed by atoms with Crippen molar-refractivity contribution in [3.63, 3.8) is 0 Å². The lowest BCUT2D eigenvalue weighted by Gasteiger charge is -2.33. The monoisotopic (exact) mass is 428 g/mol. The van der Waals surface area contributed by atoms with Crippen molar-refractivity contribution in [1.29, 1.82) is 0 Å². The van der Waals surface area contributed by atoms with Gasteiger partial charge in [0.1, 0.15) is 5.75 Å². The van der Waals surface area contributed by atoms with Crippen molar-refractivity contribution >= 4 is 22.0 Å². The number of piperazine rings is 1. The van der Waals surface area contributed by atoms with Gasteiger partial charge in [0.05, 0.1) is 12.0 Å². The fraction of sp³-hybridized carbons (Fsp3) is 0.348. The largest absolute Gasteiger partial charge is 0.497 e. The van der Waals surface area contributed by atoms with E-state index in [4.69, 9.17) is 4.74 Å². The second kappa shape index (κ2) is 9.45. The number of hydrogen-bond acceptors (Lipinski definition) is 4. The van der Waals surface area contributed by atoms with Crippen LogP contribution < -0.4 is 4.74 Å². The van der Waals surface area contributed by atoms with Gasteiger partial charge < -0.3 is 9.64 Å². The van der Waals surface area contributed by atoms with Crippen LogP contribution in [0.4, 0.5) is 0 Å². The molecule has 0 atom stereocenters. The molecule has 1 fully saturated rings. The molecule has 0 saturated carbocycles. The Bertz CT molecular complexity index is 1010. The Balaban J connectivity index is 1.60. The minimum absolute atomic E-state index is 0.129. The van der Waals surface area contributed by atoms with Crippen molar-refractivity contribution in [2.75, 3.05) is 33.3 Å². The minimum atomic E-state index is -3.55. The minimum Gasteiger partial charge on any atom is -0.497 e. The molecule has 0 N–H and O–H groups in total. The van der Waals surface area contributed by atoms with Gasteiger partial charge in [-0.2, -0.15) is 4.31 Å². The molecule has 7 heteroatoms. The standard InChI is InChI=1S/C23H28N2O4S/c1-18(2)20-8-10-22(11-9-20)30(27,28)25-15-13-24(14-16-25)23(26)12-7-19-5-4-6-21(17-19)29-3/h4-12,17-18H,13-16H2,1-3H3. The molecule has 1 amide bonds. The van der Waals surface area contributed by atoms with Gasteiger partial charge in [0, 0.05) is 32.3 Å². The van der Waals surface area contributed by atoms with Crippen LogP contribution in [0.25, 0.3) is 6.08 Å². The lowest BCUT2D eigenvalue weighted by atomic mass is 10.0. The zero-order chi connectivity index (χ0) is 21.7. The van der Waals surface area contributed by atoms with Gasteiger partial charge in [-0.1, -0.05) is 38.1 Å². The number of amides is 1. The van der Waals surface area contributed by atoms with Crippen LogP contribution in [-0.4, -0.2) is 56.8 Å². The number of benzene rings is 2. The summed E-state index contributed by atoms with van der Waals surface area (Å²) in [6, 6.07) is 14.5. The van der Waals surface area contributed by atoms with Crippen LogP contribution in [0.3, 0.4) is 0 Å². The van der Waals surface area contributed by atoms with Crippen LogP contribution in [0.15, 0.2) is 59.5 Å². The molecule has 6 nitrogen and oxygen atoms in total. The Morgan fingerprint density at radius 1 is 1.03 bits per heavy atom. The summed E-state index contributed by atoms with van der Waals surface area (Å²) in [4.78, 5) is 14.5. The van der Waals surface area contributed by atoms with E-state index in [1.165, 1.54) is 10.4 Å². The number of hydrogen-bond donors (Lipinski definition) is 0. The fourth-order valence-electron chi connectivity index (χ4n) is 3.34. The van der Waals surface area contributed by atoms with Crippen LogP contribution in [0.5, 0.6) is 5.75 Å². The van der Waals surface area contributed by atoms with Crippen LogP contribution in [0.2, 0.25) is 0 Å². The molecule has 2 aromatic carbocycles. The molecule has 160 valence electrons. The van der Waals surface area contributed by atoms with E-state index >= 15 is 0 Å². The van der Waals surface area contributed by atoms with Crippen LogP contribution >= 0.6 is 0 Å². The molecule has 0 aromatic heterocycles. The van der Waals surface area contributed by atoms with Gasteiger partial charge in [0.25, 0.3) is 0 Å². The highest BCUT2D eigenvalue weighted by molar-refractivity contribution is 7.89. The molecule has 2 aromatic rings. The number of carbonyl (C=O) groups is 1. The van der Waals surface area contributed by atoms with E-state index in [-0.39, 0.29) is 19.0 Å². The zero-order valence-corrected chi connectivity index (χ0v) is 18.4. The SMILES string of the molecule is COc1cccc(C=CC(=O)N2CCN(S(=O)(=O)c3ccc(C(C)C)cc3)CC2)c1. The molecular formula is C23H28N2O4S. The number of rotatable bonds is 6. The average Bonchev–Trinajstić information content (AvgIpc) is 2.77. The van der Waals surface area contributed by atoms with Crippen molar-refractivity contribution in [2.24, 2.45) is 0 Å². The first kappa shape index (κ1) is 22.1. The summed E-state index contributed by atoms with van der Waals surface area (Å²) in [5.74, 6) is 0.947. The van der Waals surface area contributed by atoms with E-state index in [1.807, 2.05) is 36.4 Å². The second-order valence-electron chi connectivity index (χ2n) is 7.56. The fourth-order valence-corrected chi connectivity index (χ4v) is 4.76. The van der Waals surface area contributed by atoms with Gasteiger partial charge in [-0.15, -0.1) is 0 Å². The highest BCUT2D eigenvalue weighted by Gasteiger charge is 2.29. The molecule has 1 saturated heterocycles. The number of nitrogens with zero attached hydrogens (tertiary/aromatic N) is 2. The summed E-state index contributed by atoms with van der Waals surface area (Å²) >= 11 is 0. The quantitative estimate of drug-likeness (QED) is 0.662. The summed E-state index contributed by atoms with van der Waals surface area (Å²) in [6.45, 7) is 5.44. The molecule has 1 aliphatic rings. The zero-order valence-electron chi connectivity index (χ0n) is 17.6. The average molecular weight is 429 g/mol. The molecule has 1 heterocycles. The summed E-state index contributed by atoms with van der Waals surface area (Å²) in [5, 5.41) is 0. The Morgan fingerprint density at radius 3 is 2.30 bits per heavy atom. The van der Waals surface area contributed by atoms with Crippen molar-refractivity contribution < 1.29 is 17.9 Å². The number of sulfonamides is 1. The molecular weight excluding hydrogens is 400 g/mol. The summed E-state index contributed by atoms with van der Waals surface area (Å²) < 4.78 is 32.5. The van der Waals surface area contributed by atoms with Crippen molar-refractivity contribution in [3.05, 3.63) is 65.7 Å². The van der Waals surface area contributed by atoms with Gasteiger partial charge in [-0.05, 0) is 47.4 Å². The van der Waals surface area contributed by atoms with E-state index < -0.39 is 10.0 Å². The van der Waals surface area contributed by atoms with Gasteiger partial charge in [-0.3, -0.25) is 4.79 Å². The van der Waals surface area contributed by atoms with Crippen molar-refractivity contribution in [2.45, 2.75) is 24.7 Å². The van der Waals surface area contributed by atoms with E-state index in [0.717, 1.165) is 16.9 Å². The van der Waals surface area contributed by atoms with Crippen LogP contribution in [-0.2, 0) is 14.8 Å². The van der Waals surface area contributed by atoms with Crippen LogP contribution in [0.1, 0.15) is 30.9 Å². The summed E-state index contributed by atoms with van der Waals surface area (Å²) in [7, 11) is -1.96. The number of ether oxygens (including phenoxy) is 1. The van der Waals surface area contributed by atoms with E-state index in [1.54, 1.807) is 30.2 Å². The summed E-state index contributed by atoms with van der Waals surface area (Å²) in [6.07, 6.45) is 3.26. The predicted octanol–water partition coefficient (Wildman–Crippen LogP) is 3.36. The van der Waals surface area contributed by atoms with Gasteiger partial charge in [-0.25, -0.2) is 8.42 Å². The first-order valence-electron chi connectivity index (χ1n) is 10.0. The molecule has 30 heavy (non-hydrogen) atoms. The van der Waals surface area contributed by atoms with E-state index in [2.05, 4.69) is 13.8 Å². The lowest BCUT2D eigenvalue weighted by Crippen LogP contribution is -2.50. The third-order valence-corrected chi connectivity index (χ3v) is 7.16. The molecule has 3 rings (SSSR count). The Morgan fingerprint density at radius 2 is 1.70 bits per heavy atom. The Hall–Kier alpha value is -2.64. The number of carbonyl (C=O) groups excluding carboxylic acids is 1. The molecule has 0 spiro atoms. The third-order valence-electron chi connectivity index (χ3n) is 5.25. The highest BCUT2D eigenvalue weighted by Crippen LogP contribution is 2.21.